The number of aliphatic carboxylic acids is 1. The van der Waals surface area contributed by atoms with Crippen molar-refractivity contribution in [3.8, 4) is 0 Å². The molecule has 3 rings (SSSR count). The van der Waals surface area contributed by atoms with E-state index in [0.29, 0.717) is 12.1 Å². The summed E-state index contributed by atoms with van der Waals surface area (Å²) in [5.41, 5.74) is 1.44. The zero-order valence-electron chi connectivity index (χ0n) is 14.3. The number of fused-ring (bicyclic) bond motifs is 1. The molecular formula is C18H22N2O5. The highest BCUT2D eigenvalue weighted by molar-refractivity contribution is 6.01. The summed E-state index contributed by atoms with van der Waals surface area (Å²) < 4.78 is 0. The number of carboxylic acid groups (broad SMARTS) is 1. The molecule has 1 aromatic rings. The molecule has 25 heavy (non-hydrogen) atoms. The van der Waals surface area contributed by atoms with Crippen LogP contribution in [-0.2, 0) is 16.1 Å². The quantitative estimate of drug-likeness (QED) is 0.837. The van der Waals surface area contributed by atoms with Crippen LogP contribution in [0.3, 0.4) is 0 Å². The van der Waals surface area contributed by atoms with E-state index >= 15 is 0 Å². The van der Waals surface area contributed by atoms with E-state index in [1.165, 1.54) is 9.80 Å². The lowest BCUT2D eigenvalue weighted by Gasteiger charge is -2.34. The summed E-state index contributed by atoms with van der Waals surface area (Å²) in [6, 6.07) is 5.41. The molecule has 0 radical (unpaired) electrons. The highest BCUT2D eigenvalue weighted by Crippen LogP contribution is 2.29. The molecule has 0 bridgehead atoms. The molecular weight excluding hydrogens is 324 g/mol. The highest BCUT2D eigenvalue weighted by Gasteiger charge is 2.45. The van der Waals surface area contributed by atoms with Crippen LogP contribution in [0.15, 0.2) is 24.3 Å². The van der Waals surface area contributed by atoms with Crippen LogP contribution < -0.4 is 0 Å². The van der Waals surface area contributed by atoms with Crippen molar-refractivity contribution in [1.82, 2.24) is 9.80 Å². The normalized spacial score (nSPS) is 23.9. The number of amides is 2. The van der Waals surface area contributed by atoms with Crippen molar-refractivity contribution in [1.29, 1.82) is 0 Å². The first-order valence-electron chi connectivity index (χ1n) is 8.41. The van der Waals surface area contributed by atoms with Gasteiger partial charge in [-0.1, -0.05) is 32.0 Å². The van der Waals surface area contributed by atoms with Crippen LogP contribution in [-0.4, -0.2) is 62.5 Å². The topological polar surface area (TPSA) is 98.2 Å². The van der Waals surface area contributed by atoms with E-state index < -0.39 is 30.1 Å². The summed E-state index contributed by atoms with van der Waals surface area (Å²) in [7, 11) is 0. The Morgan fingerprint density at radius 2 is 1.92 bits per heavy atom. The van der Waals surface area contributed by atoms with Crippen LogP contribution in [0.25, 0.3) is 0 Å². The summed E-state index contributed by atoms with van der Waals surface area (Å²) in [6.45, 7) is 3.98. The van der Waals surface area contributed by atoms with Crippen molar-refractivity contribution in [2.75, 3.05) is 6.54 Å². The van der Waals surface area contributed by atoms with Crippen molar-refractivity contribution in [2.45, 2.75) is 45.0 Å². The van der Waals surface area contributed by atoms with Crippen molar-refractivity contribution < 1.29 is 24.6 Å². The van der Waals surface area contributed by atoms with Gasteiger partial charge in [-0.15, -0.1) is 0 Å². The zero-order valence-corrected chi connectivity index (χ0v) is 14.3. The van der Waals surface area contributed by atoms with Crippen LogP contribution in [0.1, 0.15) is 36.2 Å². The Morgan fingerprint density at radius 3 is 2.52 bits per heavy atom. The van der Waals surface area contributed by atoms with E-state index in [9.17, 15) is 24.6 Å². The molecule has 1 aromatic carbocycles. The zero-order chi connectivity index (χ0) is 18.3. The lowest BCUT2D eigenvalue weighted by atomic mass is 10.0. The molecule has 7 heteroatoms. The molecule has 2 amide bonds. The number of aliphatic hydroxyl groups is 1. The lowest BCUT2D eigenvalue weighted by molar-refractivity contribution is -0.150. The van der Waals surface area contributed by atoms with Gasteiger partial charge in [0.2, 0.25) is 5.91 Å². The predicted octanol–water partition coefficient (Wildman–Crippen LogP) is 0.713. The largest absolute Gasteiger partial charge is 0.480 e. The number of likely N-dealkylation sites (tertiary alicyclic amines) is 1. The number of aliphatic hydroxyl groups excluding tert-OH is 1. The van der Waals surface area contributed by atoms with Crippen LogP contribution in [0.2, 0.25) is 0 Å². The third-order valence-corrected chi connectivity index (χ3v) is 4.92. The van der Waals surface area contributed by atoms with Gasteiger partial charge in [0.25, 0.3) is 5.91 Å². The number of hydrogen-bond acceptors (Lipinski definition) is 4. The van der Waals surface area contributed by atoms with Gasteiger partial charge in [-0.3, -0.25) is 9.59 Å². The minimum Gasteiger partial charge on any atom is -0.480 e. The average molecular weight is 346 g/mol. The Kier molecular flexibility index (Phi) is 4.51. The number of benzene rings is 1. The molecule has 134 valence electrons. The molecule has 0 unspecified atom stereocenters. The van der Waals surface area contributed by atoms with E-state index in [-0.39, 0.29) is 24.8 Å². The van der Waals surface area contributed by atoms with E-state index in [1.807, 2.05) is 26.0 Å². The van der Waals surface area contributed by atoms with Gasteiger partial charge in [-0.2, -0.15) is 0 Å². The molecule has 7 nitrogen and oxygen atoms in total. The second-order valence-corrected chi connectivity index (χ2v) is 7.01. The van der Waals surface area contributed by atoms with E-state index in [2.05, 4.69) is 0 Å². The maximum absolute atomic E-state index is 13.1. The standard InChI is InChI=1S/C18H22N2O5/c1-10(2)15(17(23)19-9-12(21)7-14(19)18(24)25)20-8-11-5-3-4-6-13(11)16(20)22/h3-6,10,12,14-15,21H,7-9H2,1-2H3,(H,24,25)/t12-,14+,15+/m1/s1. The Balaban J connectivity index is 1.89. The van der Waals surface area contributed by atoms with E-state index in [0.717, 1.165) is 5.56 Å². The molecule has 2 N–H and O–H groups in total. The molecule has 2 aliphatic heterocycles. The van der Waals surface area contributed by atoms with E-state index in [4.69, 9.17) is 0 Å². The SMILES string of the molecule is CC(C)[C@@H](C(=O)N1C[C@H](O)C[C@H]1C(=O)O)N1Cc2ccccc2C1=O. The lowest BCUT2D eigenvalue weighted by Crippen LogP contribution is -2.54. The maximum atomic E-state index is 13.1. The number of carboxylic acids is 1. The van der Waals surface area contributed by atoms with Gasteiger partial charge < -0.3 is 20.0 Å². The molecule has 0 aliphatic carbocycles. The summed E-state index contributed by atoms with van der Waals surface area (Å²) >= 11 is 0. The number of carbonyl (C=O) groups excluding carboxylic acids is 2. The average Bonchev–Trinajstić information content (AvgIpc) is 3.09. The van der Waals surface area contributed by atoms with Gasteiger partial charge >= 0.3 is 5.97 Å². The number of carbonyl (C=O) groups is 3. The summed E-state index contributed by atoms with van der Waals surface area (Å²) in [6.07, 6.45) is -0.843. The van der Waals surface area contributed by atoms with Crippen molar-refractivity contribution in [3.63, 3.8) is 0 Å². The van der Waals surface area contributed by atoms with Gasteiger partial charge in [0, 0.05) is 25.1 Å². The second kappa shape index (κ2) is 6.48. The predicted molar refractivity (Wildman–Crippen MR) is 88.7 cm³/mol. The first-order chi connectivity index (χ1) is 11.8. The molecule has 0 saturated carbocycles. The van der Waals surface area contributed by atoms with Gasteiger partial charge in [0.05, 0.1) is 6.10 Å². The number of nitrogens with zero attached hydrogens (tertiary/aromatic N) is 2. The Morgan fingerprint density at radius 1 is 1.24 bits per heavy atom. The highest BCUT2D eigenvalue weighted by atomic mass is 16.4. The molecule has 0 aromatic heterocycles. The molecule has 0 spiro atoms. The number of rotatable bonds is 4. The van der Waals surface area contributed by atoms with Crippen LogP contribution in [0.4, 0.5) is 0 Å². The van der Waals surface area contributed by atoms with Gasteiger partial charge in [-0.25, -0.2) is 4.79 Å². The minimum absolute atomic E-state index is 0.0139. The summed E-state index contributed by atoms with van der Waals surface area (Å²) in [5, 5.41) is 19.2. The second-order valence-electron chi connectivity index (χ2n) is 7.01. The summed E-state index contributed by atoms with van der Waals surface area (Å²) in [4.78, 5) is 40.0. The number of hydrogen-bond donors (Lipinski definition) is 2. The van der Waals surface area contributed by atoms with Crippen LogP contribution in [0.5, 0.6) is 0 Å². The summed E-state index contributed by atoms with van der Waals surface area (Å²) in [5.74, 6) is -1.95. The Hall–Kier alpha value is -2.41. The fraction of sp³-hybridized carbons (Fsp3) is 0.500. The van der Waals surface area contributed by atoms with Crippen LogP contribution >= 0.6 is 0 Å². The van der Waals surface area contributed by atoms with Crippen molar-refractivity contribution in [3.05, 3.63) is 35.4 Å². The third kappa shape index (κ3) is 3.00. The van der Waals surface area contributed by atoms with Crippen LogP contribution in [0, 0.1) is 5.92 Å². The fourth-order valence-corrected chi connectivity index (χ4v) is 3.74. The third-order valence-electron chi connectivity index (χ3n) is 4.92. The fourth-order valence-electron chi connectivity index (χ4n) is 3.74. The Bertz CT molecular complexity index is 717. The first kappa shape index (κ1) is 17.4. The smallest absolute Gasteiger partial charge is 0.326 e. The first-order valence-corrected chi connectivity index (χ1v) is 8.41. The van der Waals surface area contributed by atoms with Gasteiger partial charge in [0.1, 0.15) is 12.1 Å². The number of β-amino-alcohol motifs (C(OH)–C–C–N with tert-alkyl or cyclic N) is 1. The molecule has 2 heterocycles. The molecule has 2 aliphatic rings. The minimum atomic E-state index is -1.14. The molecule has 3 atom stereocenters. The van der Waals surface area contributed by atoms with Crippen molar-refractivity contribution in [2.24, 2.45) is 5.92 Å². The van der Waals surface area contributed by atoms with Gasteiger partial charge in [-0.05, 0) is 17.5 Å². The van der Waals surface area contributed by atoms with E-state index in [1.54, 1.807) is 12.1 Å². The molecule has 1 saturated heterocycles. The maximum Gasteiger partial charge on any atom is 0.326 e. The Labute approximate surface area is 145 Å². The monoisotopic (exact) mass is 346 g/mol. The molecule has 1 fully saturated rings. The van der Waals surface area contributed by atoms with Crippen molar-refractivity contribution >= 4 is 17.8 Å². The van der Waals surface area contributed by atoms with Gasteiger partial charge in [0.15, 0.2) is 0 Å².